The van der Waals surface area contributed by atoms with Gasteiger partial charge in [-0.2, -0.15) is 13.2 Å². The molecule has 0 spiro atoms. The molecule has 0 aliphatic carbocycles. The summed E-state index contributed by atoms with van der Waals surface area (Å²) in [4.78, 5) is 25.4. The number of sulfonamides is 1. The third-order valence-electron chi connectivity index (χ3n) is 5.68. The Kier molecular flexibility index (Phi) is 7.39. The fourth-order valence-electron chi connectivity index (χ4n) is 4.14. The van der Waals surface area contributed by atoms with Gasteiger partial charge < -0.3 is 9.80 Å². The predicted molar refractivity (Wildman–Crippen MR) is 131 cm³/mol. The standard InChI is InChI=1S/C21H23ClF3N5O3S2/c1-35(32,33)28-14-3-2-13(17(22)9-14)8-18(31)29-4-6-30(7-5-29)19-16-10-15(11-21(23,24)25)34-20(16)27-12-26-19/h2-3,9-10,12,16,20,28H,4-8,11H2,1H3. The predicted octanol–water partition coefficient (Wildman–Crippen LogP) is 3.36. The average molecular weight is 550 g/mol. The normalized spacial score (nSPS) is 22.5. The van der Waals surface area contributed by atoms with Crippen molar-refractivity contribution >= 4 is 57.2 Å². The van der Waals surface area contributed by atoms with Crippen LogP contribution >= 0.6 is 23.4 Å². The van der Waals surface area contributed by atoms with Gasteiger partial charge in [0.1, 0.15) is 17.5 Å². The molecule has 2 atom stereocenters. The number of anilines is 1. The molecule has 1 N–H and O–H groups in total. The highest BCUT2D eigenvalue weighted by Crippen LogP contribution is 2.44. The number of alkyl halides is 3. The van der Waals surface area contributed by atoms with E-state index in [-0.39, 0.29) is 33.5 Å². The van der Waals surface area contributed by atoms with Crippen molar-refractivity contribution in [2.45, 2.75) is 24.4 Å². The van der Waals surface area contributed by atoms with Crippen molar-refractivity contribution < 1.29 is 26.4 Å². The molecule has 4 rings (SSSR count). The first-order valence-electron chi connectivity index (χ1n) is 10.7. The second-order valence-electron chi connectivity index (χ2n) is 8.44. The second-order valence-corrected chi connectivity index (χ2v) is 11.8. The highest BCUT2D eigenvalue weighted by atomic mass is 35.5. The number of benzene rings is 1. The van der Waals surface area contributed by atoms with Crippen molar-refractivity contribution in [2.75, 3.05) is 37.2 Å². The molecule has 3 aliphatic rings. The zero-order valence-electron chi connectivity index (χ0n) is 18.6. The molecule has 0 aromatic heterocycles. The Balaban J connectivity index is 1.34. The molecule has 1 aromatic rings. The Morgan fingerprint density at radius 2 is 1.97 bits per heavy atom. The van der Waals surface area contributed by atoms with Gasteiger partial charge in [0, 0.05) is 36.9 Å². The molecular formula is C21H23ClF3N5O3S2. The number of nitrogens with one attached hydrogen (secondary N) is 1. The second kappa shape index (κ2) is 10.0. The van der Waals surface area contributed by atoms with Gasteiger partial charge in [-0.15, -0.1) is 11.8 Å². The van der Waals surface area contributed by atoms with Crippen LogP contribution in [0.25, 0.3) is 0 Å². The maximum Gasteiger partial charge on any atom is 0.393 e. The van der Waals surface area contributed by atoms with Crippen LogP contribution in [0.2, 0.25) is 5.02 Å². The van der Waals surface area contributed by atoms with Crippen LogP contribution in [0.15, 0.2) is 39.2 Å². The molecular weight excluding hydrogens is 527 g/mol. The number of carbonyl (C=O) groups excluding carboxylic acids is 1. The first-order valence-corrected chi connectivity index (χ1v) is 13.9. The lowest BCUT2D eigenvalue weighted by Crippen LogP contribution is -2.53. The number of amides is 1. The molecule has 14 heteroatoms. The number of amidine groups is 1. The van der Waals surface area contributed by atoms with E-state index in [9.17, 15) is 26.4 Å². The summed E-state index contributed by atoms with van der Waals surface area (Å²) in [6, 6.07) is 4.62. The maximum absolute atomic E-state index is 12.8. The molecule has 0 saturated carbocycles. The van der Waals surface area contributed by atoms with Gasteiger partial charge in [-0.25, -0.2) is 13.4 Å². The lowest BCUT2D eigenvalue weighted by molar-refractivity contribution is -0.131. The molecule has 3 aliphatic heterocycles. The van der Waals surface area contributed by atoms with Gasteiger partial charge in [-0.1, -0.05) is 23.7 Å². The summed E-state index contributed by atoms with van der Waals surface area (Å²) in [5.74, 6) is 0.241. The topological polar surface area (TPSA) is 94.4 Å². The summed E-state index contributed by atoms with van der Waals surface area (Å²) in [5.41, 5.74) is 0.897. The highest BCUT2D eigenvalue weighted by Gasteiger charge is 2.40. The van der Waals surface area contributed by atoms with Gasteiger partial charge >= 0.3 is 6.18 Å². The van der Waals surface area contributed by atoms with Crippen LogP contribution in [-0.4, -0.2) is 80.3 Å². The Labute approximate surface area is 210 Å². The maximum atomic E-state index is 12.8. The van der Waals surface area contributed by atoms with E-state index in [1.807, 2.05) is 4.90 Å². The number of carbonyl (C=O) groups is 1. The van der Waals surface area contributed by atoms with Gasteiger partial charge in [0.15, 0.2) is 0 Å². The fourth-order valence-corrected chi connectivity index (χ4v) is 6.19. The van der Waals surface area contributed by atoms with E-state index in [1.54, 1.807) is 23.1 Å². The summed E-state index contributed by atoms with van der Waals surface area (Å²) in [5, 5.41) is -0.0606. The molecule has 190 valence electrons. The fraction of sp³-hybridized carbons (Fsp3) is 0.476. The van der Waals surface area contributed by atoms with Gasteiger partial charge in [0.25, 0.3) is 0 Å². The molecule has 8 nitrogen and oxygen atoms in total. The lowest BCUT2D eigenvalue weighted by atomic mass is 10.0. The number of piperazine rings is 1. The largest absolute Gasteiger partial charge is 0.393 e. The van der Waals surface area contributed by atoms with Gasteiger partial charge in [-0.05, 0) is 22.6 Å². The van der Waals surface area contributed by atoms with Crippen molar-refractivity contribution in [2.24, 2.45) is 15.9 Å². The third-order valence-corrected chi connectivity index (χ3v) is 7.87. The van der Waals surface area contributed by atoms with Crippen molar-refractivity contribution in [3.05, 3.63) is 39.8 Å². The van der Waals surface area contributed by atoms with Gasteiger partial charge in [0.2, 0.25) is 15.9 Å². The van der Waals surface area contributed by atoms with Crippen LogP contribution in [-0.2, 0) is 21.2 Å². The Morgan fingerprint density at radius 1 is 1.26 bits per heavy atom. The van der Waals surface area contributed by atoms with Crippen molar-refractivity contribution in [3.8, 4) is 0 Å². The minimum Gasteiger partial charge on any atom is -0.356 e. The number of aliphatic imine (C=N–C) groups is 2. The van der Waals surface area contributed by atoms with Crippen molar-refractivity contribution in [1.82, 2.24) is 9.80 Å². The summed E-state index contributed by atoms with van der Waals surface area (Å²) in [6.45, 7) is 1.87. The smallest absolute Gasteiger partial charge is 0.356 e. The number of thioether (sulfide) groups is 1. The van der Waals surface area contributed by atoms with E-state index in [0.717, 1.165) is 18.0 Å². The molecule has 1 amide bonds. The van der Waals surface area contributed by atoms with E-state index >= 15 is 0 Å². The summed E-state index contributed by atoms with van der Waals surface area (Å²) in [6.07, 6.45) is -1.13. The van der Waals surface area contributed by atoms with Crippen molar-refractivity contribution in [3.63, 3.8) is 0 Å². The Bertz CT molecular complexity index is 1200. The monoisotopic (exact) mass is 549 g/mol. The molecule has 35 heavy (non-hydrogen) atoms. The van der Waals surface area contributed by atoms with E-state index in [4.69, 9.17) is 11.6 Å². The summed E-state index contributed by atoms with van der Waals surface area (Å²) < 4.78 is 63.5. The van der Waals surface area contributed by atoms with E-state index in [0.29, 0.717) is 43.3 Å². The van der Waals surface area contributed by atoms with Crippen LogP contribution < -0.4 is 4.72 Å². The molecule has 3 heterocycles. The molecule has 2 unspecified atom stereocenters. The zero-order valence-corrected chi connectivity index (χ0v) is 21.0. The minimum absolute atomic E-state index is 0.0659. The summed E-state index contributed by atoms with van der Waals surface area (Å²) in [7, 11) is -3.44. The van der Waals surface area contributed by atoms with Crippen LogP contribution in [0.1, 0.15) is 12.0 Å². The Morgan fingerprint density at radius 3 is 2.60 bits per heavy atom. The number of allylic oxidation sites excluding steroid dienone is 1. The Hall–Kier alpha value is -2.25. The first kappa shape index (κ1) is 25.8. The number of halogens is 4. The van der Waals surface area contributed by atoms with Crippen LogP contribution in [0.5, 0.6) is 0 Å². The quantitative estimate of drug-likeness (QED) is 0.608. The van der Waals surface area contributed by atoms with Crippen LogP contribution in [0, 0.1) is 5.92 Å². The van der Waals surface area contributed by atoms with E-state index < -0.39 is 22.6 Å². The van der Waals surface area contributed by atoms with Crippen LogP contribution in [0.3, 0.4) is 0 Å². The minimum atomic E-state index is -4.27. The number of hydrogen-bond acceptors (Lipinski definition) is 7. The molecule has 0 bridgehead atoms. The highest BCUT2D eigenvalue weighted by molar-refractivity contribution is 8.04. The SMILES string of the molecule is CS(=O)(=O)Nc1ccc(CC(=O)N2CCN(C3=NC=NC4SC(CC(F)(F)F)=CC34)CC2)c(Cl)c1. The first-order chi connectivity index (χ1) is 16.4. The molecule has 1 saturated heterocycles. The molecule has 1 fully saturated rings. The average Bonchev–Trinajstić information content (AvgIpc) is 3.15. The number of rotatable bonds is 5. The molecule has 1 aromatic carbocycles. The number of nitrogens with zero attached hydrogens (tertiary/aromatic N) is 4. The number of hydrogen-bond donors (Lipinski definition) is 1. The zero-order chi connectivity index (χ0) is 25.4. The summed E-state index contributed by atoms with van der Waals surface area (Å²) >= 11 is 7.37. The van der Waals surface area contributed by atoms with E-state index in [1.165, 1.54) is 12.4 Å². The van der Waals surface area contributed by atoms with Gasteiger partial charge in [-0.3, -0.25) is 14.5 Å². The van der Waals surface area contributed by atoms with E-state index in [2.05, 4.69) is 14.7 Å². The lowest BCUT2D eigenvalue weighted by Gasteiger charge is -2.39. The third kappa shape index (κ3) is 6.70. The van der Waals surface area contributed by atoms with Crippen LogP contribution in [0.4, 0.5) is 18.9 Å². The number of fused-ring (bicyclic) bond motifs is 1. The van der Waals surface area contributed by atoms with Crippen molar-refractivity contribution in [1.29, 1.82) is 0 Å². The molecule has 0 radical (unpaired) electrons. The van der Waals surface area contributed by atoms with Gasteiger partial charge in [0.05, 0.1) is 25.0 Å².